The molecule has 1 N–H and O–H groups in total. The largest absolute Gasteiger partial charge is 0.325 e. The summed E-state index contributed by atoms with van der Waals surface area (Å²) in [5.41, 5.74) is 1.99. The fourth-order valence-corrected chi connectivity index (χ4v) is 3.56. The Hall–Kier alpha value is -2.67. The van der Waals surface area contributed by atoms with E-state index in [1.807, 2.05) is 34.9 Å². The number of aromatic nitrogens is 3. The Morgan fingerprint density at radius 2 is 2.00 bits per heavy atom. The maximum Gasteiger partial charge on any atom is 0.234 e. The molecule has 0 bridgehead atoms. The summed E-state index contributed by atoms with van der Waals surface area (Å²) in [6.45, 7) is 1.69. The summed E-state index contributed by atoms with van der Waals surface area (Å²) < 4.78 is 15.7. The summed E-state index contributed by atoms with van der Waals surface area (Å²) in [4.78, 5) is 12.3. The first-order valence-corrected chi connectivity index (χ1v) is 9.80. The van der Waals surface area contributed by atoms with Gasteiger partial charge in [-0.1, -0.05) is 36.0 Å². The number of anilines is 1. The number of benzene rings is 2. The molecule has 27 heavy (non-hydrogen) atoms. The average molecular weight is 382 g/mol. The highest BCUT2D eigenvalue weighted by molar-refractivity contribution is 7.99. The number of nitrogens with one attached hydrogen (secondary N) is 1. The van der Waals surface area contributed by atoms with Crippen molar-refractivity contribution in [3.63, 3.8) is 0 Å². The third kappa shape index (κ3) is 4.03. The first kappa shape index (κ1) is 17.7. The van der Waals surface area contributed by atoms with E-state index in [9.17, 15) is 9.18 Å². The Balaban J connectivity index is 1.48. The molecule has 3 aromatic rings. The SMILES string of the molecule is Cc1ccc(NC(=O)CSc2nnc(C3CC3)n2-c2ccccc2)cc1F. The minimum atomic E-state index is -0.335. The Kier molecular flexibility index (Phi) is 4.94. The zero-order valence-corrected chi connectivity index (χ0v) is 15.7. The summed E-state index contributed by atoms with van der Waals surface area (Å²) in [5, 5.41) is 12.1. The van der Waals surface area contributed by atoms with Crippen molar-refractivity contribution in [2.24, 2.45) is 0 Å². The Labute approximate surface area is 161 Å². The van der Waals surface area contributed by atoms with Crippen LogP contribution in [0.5, 0.6) is 0 Å². The van der Waals surface area contributed by atoms with E-state index in [4.69, 9.17) is 0 Å². The van der Waals surface area contributed by atoms with Gasteiger partial charge in [-0.25, -0.2) is 4.39 Å². The first-order valence-electron chi connectivity index (χ1n) is 8.81. The Morgan fingerprint density at radius 3 is 2.70 bits per heavy atom. The van der Waals surface area contributed by atoms with Crippen molar-refractivity contribution >= 4 is 23.4 Å². The Morgan fingerprint density at radius 1 is 1.22 bits per heavy atom. The summed E-state index contributed by atoms with van der Waals surface area (Å²) >= 11 is 1.33. The van der Waals surface area contributed by atoms with Crippen LogP contribution in [0.4, 0.5) is 10.1 Å². The van der Waals surface area contributed by atoms with Crippen LogP contribution in [0.2, 0.25) is 0 Å². The molecule has 5 nitrogen and oxygen atoms in total. The molecule has 138 valence electrons. The van der Waals surface area contributed by atoms with Gasteiger partial charge in [0.2, 0.25) is 5.91 Å². The normalized spacial score (nSPS) is 13.6. The molecule has 4 rings (SSSR count). The lowest BCUT2D eigenvalue weighted by molar-refractivity contribution is -0.113. The third-order valence-electron chi connectivity index (χ3n) is 4.40. The van der Waals surface area contributed by atoms with Crippen molar-refractivity contribution in [1.29, 1.82) is 0 Å². The number of rotatable bonds is 6. The number of amides is 1. The smallest absolute Gasteiger partial charge is 0.234 e. The lowest BCUT2D eigenvalue weighted by Crippen LogP contribution is -2.15. The maximum atomic E-state index is 13.6. The molecule has 1 heterocycles. The molecule has 2 aromatic carbocycles. The number of hydrogen-bond donors (Lipinski definition) is 1. The molecule has 0 unspecified atom stereocenters. The predicted octanol–water partition coefficient (Wildman–Crippen LogP) is 4.32. The molecule has 0 aliphatic heterocycles. The topological polar surface area (TPSA) is 59.8 Å². The van der Waals surface area contributed by atoms with Crippen molar-refractivity contribution in [2.75, 3.05) is 11.1 Å². The van der Waals surface area contributed by atoms with Crippen molar-refractivity contribution in [3.05, 3.63) is 65.7 Å². The highest BCUT2D eigenvalue weighted by Gasteiger charge is 2.31. The number of halogens is 1. The van der Waals surface area contributed by atoms with Gasteiger partial charge < -0.3 is 5.32 Å². The quantitative estimate of drug-likeness (QED) is 0.645. The number of nitrogens with zero attached hydrogens (tertiary/aromatic N) is 3. The van der Waals surface area contributed by atoms with Crippen molar-refractivity contribution in [3.8, 4) is 5.69 Å². The van der Waals surface area contributed by atoms with E-state index in [0.717, 1.165) is 24.4 Å². The zero-order valence-electron chi connectivity index (χ0n) is 14.9. The van der Waals surface area contributed by atoms with E-state index < -0.39 is 0 Å². The highest BCUT2D eigenvalue weighted by Crippen LogP contribution is 2.41. The van der Waals surface area contributed by atoms with Crippen LogP contribution in [0.3, 0.4) is 0 Å². The van der Waals surface area contributed by atoms with Crippen molar-refractivity contribution < 1.29 is 9.18 Å². The van der Waals surface area contributed by atoms with Gasteiger partial charge in [-0.15, -0.1) is 10.2 Å². The minimum Gasteiger partial charge on any atom is -0.325 e. The van der Waals surface area contributed by atoms with Gasteiger partial charge in [-0.3, -0.25) is 9.36 Å². The number of thioether (sulfide) groups is 1. The fraction of sp³-hybridized carbons (Fsp3) is 0.250. The number of hydrogen-bond acceptors (Lipinski definition) is 4. The van der Waals surface area contributed by atoms with Gasteiger partial charge in [0.15, 0.2) is 5.16 Å². The van der Waals surface area contributed by atoms with Crippen molar-refractivity contribution in [1.82, 2.24) is 14.8 Å². The van der Waals surface area contributed by atoms with Gasteiger partial charge in [-0.2, -0.15) is 0 Å². The lowest BCUT2D eigenvalue weighted by Gasteiger charge is -2.10. The van der Waals surface area contributed by atoms with Crippen LogP contribution in [-0.4, -0.2) is 26.4 Å². The highest BCUT2D eigenvalue weighted by atomic mass is 32.2. The lowest BCUT2D eigenvalue weighted by atomic mass is 10.2. The van der Waals surface area contributed by atoms with Gasteiger partial charge in [0.05, 0.1) is 5.75 Å². The molecule has 1 aromatic heterocycles. The fourth-order valence-electron chi connectivity index (χ4n) is 2.80. The summed E-state index contributed by atoms with van der Waals surface area (Å²) in [5.74, 6) is 1.02. The molecule has 1 fully saturated rings. The molecule has 0 radical (unpaired) electrons. The van der Waals surface area contributed by atoms with Gasteiger partial charge in [0, 0.05) is 17.3 Å². The van der Waals surface area contributed by atoms with Crippen LogP contribution in [0, 0.1) is 12.7 Å². The molecule has 1 aliphatic rings. The molecular weight excluding hydrogens is 363 g/mol. The monoisotopic (exact) mass is 382 g/mol. The molecule has 0 saturated heterocycles. The maximum absolute atomic E-state index is 13.6. The van der Waals surface area contributed by atoms with Gasteiger partial charge in [-0.05, 0) is 49.6 Å². The van der Waals surface area contributed by atoms with E-state index in [0.29, 0.717) is 22.3 Å². The number of aryl methyl sites for hydroxylation is 1. The number of carbonyl (C=O) groups is 1. The predicted molar refractivity (Wildman–Crippen MR) is 104 cm³/mol. The van der Waals surface area contributed by atoms with Crippen LogP contribution < -0.4 is 5.32 Å². The molecule has 7 heteroatoms. The van der Waals surface area contributed by atoms with E-state index >= 15 is 0 Å². The minimum absolute atomic E-state index is 0.172. The van der Waals surface area contributed by atoms with Crippen LogP contribution in [-0.2, 0) is 4.79 Å². The molecule has 0 atom stereocenters. The zero-order chi connectivity index (χ0) is 18.8. The van der Waals surface area contributed by atoms with Gasteiger partial charge >= 0.3 is 0 Å². The molecule has 0 spiro atoms. The average Bonchev–Trinajstić information content (AvgIpc) is 3.43. The standard InChI is InChI=1S/C20H19FN4OS/c1-13-7-10-15(11-17(13)21)22-18(26)12-27-20-24-23-19(14-8-9-14)25(20)16-5-3-2-4-6-16/h2-7,10-11,14H,8-9,12H2,1H3,(H,22,26). The summed E-state index contributed by atoms with van der Waals surface area (Å²) in [6.07, 6.45) is 2.24. The molecule has 1 aliphatic carbocycles. The van der Waals surface area contributed by atoms with E-state index in [1.165, 1.54) is 17.8 Å². The molecule has 1 amide bonds. The summed E-state index contributed by atoms with van der Waals surface area (Å²) in [6, 6.07) is 14.6. The molecule has 1 saturated carbocycles. The van der Waals surface area contributed by atoms with Crippen LogP contribution in [0.15, 0.2) is 53.7 Å². The van der Waals surface area contributed by atoms with Gasteiger partial charge in [0.1, 0.15) is 11.6 Å². The molecular formula is C20H19FN4OS. The van der Waals surface area contributed by atoms with Crippen LogP contribution in [0.1, 0.15) is 30.1 Å². The Bertz CT molecular complexity index is 969. The van der Waals surface area contributed by atoms with Gasteiger partial charge in [0.25, 0.3) is 0 Å². The third-order valence-corrected chi connectivity index (χ3v) is 5.33. The number of para-hydroxylation sites is 1. The first-order chi connectivity index (χ1) is 13.1. The van der Waals surface area contributed by atoms with Crippen LogP contribution >= 0.6 is 11.8 Å². The second-order valence-electron chi connectivity index (χ2n) is 6.59. The van der Waals surface area contributed by atoms with E-state index in [-0.39, 0.29) is 17.5 Å². The summed E-state index contributed by atoms with van der Waals surface area (Å²) in [7, 11) is 0. The number of carbonyl (C=O) groups excluding carboxylic acids is 1. The second kappa shape index (κ2) is 7.52. The van der Waals surface area contributed by atoms with E-state index in [1.54, 1.807) is 19.1 Å². The van der Waals surface area contributed by atoms with E-state index in [2.05, 4.69) is 15.5 Å². The van der Waals surface area contributed by atoms with Crippen LogP contribution in [0.25, 0.3) is 5.69 Å². The van der Waals surface area contributed by atoms with Crippen molar-refractivity contribution in [2.45, 2.75) is 30.8 Å². The second-order valence-corrected chi connectivity index (χ2v) is 7.53.